The molecule has 6 nitrogen and oxygen atoms in total. The highest BCUT2D eigenvalue weighted by molar-refractivity contribution is 5.92. The van der Waals surface area contributed by atoms with Crippen LogP contribution in [0.25, 0.3) is 0 Å². The minimum absolute atomic E-state index is 0.0853. The van der Waals surface area contributed by atoms with Gasteiger partial charge in [0.05, 0.1) is 0 Å². The third kappa shape index (κ3) is 3.46. The maximum absolute atomic E-state index is 12.3. The lowest BCUT2D eigenvalue weighted by atomic mass is 10.1. The van der Waals surface area contributed by atoms with Crippen LogP contribution in [0.2, 0.25) is 0 Å². The molecule has 3 N–H and O–H groups in total. The molecule has 20 heavy (non-hydrogen) atoms. The van der Waals surface area contributed by atoms with Crippen LogP contribution in [0, 0.1) is 0 Å². The molecule has 1 aliphatic rings. The number of anilines is 1. The van der Waals surface area contributed by atoms with Gasteiger partial charge in [-0.1, -0.05) is 0 Å². The second-order valence-corrected chi connectivity index (χ2v) is 5.05. The monoisotopic (exact) mass is 276 g/mol. The third-order valence-electron chi connectivity index (χ3n) is 3.43. The van der Waals surface area contributed by atoms with Crippen molar-refractivity contribution in [2.45, 2.75) is 32.2 Å². The normalized spacial score (nSPS) is 16.6. The first kappa shape index (κ1) is 14.3. The molecular formula is C14H20N4O2. The molecule has 0 spiro atoms. The molecule has 1 fully saturated rings. The van der Waals surface area contributed by atoms with Crippen molar-refractivity contribution in [1.29, 1.82) is 0 Å². The van der Waals surface area contributed by atoms with E-state index in [1.54, 1.807) is 12.1 Å². The molecule has 0 radical (unpaired) electrons. The van der Waals surface area contributed by atoms with Crippen LogP contribution in [-0.2, 0) is 4.79 Å². The second-order valence-electron chi connectivity index (χ2n) is 5.05. The molecule has 0 aromatic carbocycles. The smallest absolute Gasteiger partial charge is 0.267 e. The van der Waals surface area contributed by atoms with Crippen LogP contribution in [0.5, 0.6) is 0 Å². The molecule has 2 amide bonds. The number of pyridine rings is 1. The molecule has 2 heterocycles. The minimum Gasteiger partial charge on any atom is -0.374 e. The Morgan fingerprint density at radius 2 is 2.05 bits per heavy atom. The molecule has 6 heteroatoms. The van der Waals surface area contributed by atoms with Crippen LogP contribution in [0.3, 0.4) is 0 Å². The van der Waals surface area contributed by atoms with Crippen molar-refractivity contribution in [3.8, 4) is 0 Å². The molecule has 1 unspecified atom stereocenters. The number of nitrogens with two attached hydrogens (primary N) is 1. The van der Waals surface area contributed by atoms with Crippen LogP contribution >= 0.6 is 0 Å². The summed E-state index contributed by atoms with van der Waals surface area (Å²) in [6.07, 6.45) is 4.83. The lowest BCUT2D eigenvalue weighted by molar-refractivity contribution is -0.132. The molecule has 1 saturated heterocycles. The van der Waals surface area contributed by atoms with Gasteiger partial charge in [0.1, 0.15) is 11.7 Å². The Labute approximate surface area is 118 Å². The summed E-state index contributed by atoms with van der Waals surface area (Å²) in [4.78, 5) is 29.1. The maximum atomic E-state index is 12.3. The van der Waals surface area contributed by atoms with Crippen LogP contribution in [0.4, 0.5) is 5.69 Å². The molecule has 108 valence electrons. The number of nitrogens with one attached hydrogen (secondary N) is 1. The van der Waals surface area contributed by atoms with E-state index in [0.29, 0.717) is 5.69 Å². The Bertz CT molecular complexity index is 498. The van der Waals surface area contributed by atoms with E-state index in [9.17, 15) is 9.59 Å². The topological polar surface area (TPSA) is 88.3 Å². The average Bonchev–Trinajstić information content (AvgIpc) is 2.47. The molecule has 2 rings (SSSR count). The second kappa shape index (κ2) is 6.36. The van der Waals surface area contributed by atoms with Crippen molar-refractivity contribution in [2.24, 2.45) is 5.73 Å². The fourth-order valence-electron chi connectivity index (χ4n) is 2.35. The van der Waals surface area contributed by atoms with E-state index in [2.05, 4.69) is 10.3 Å². The maximum Gasteiger partial charge on any atom is 0.267 e. The standard InChI is InChI=1S/C14H20N4O2/c1-10(14(20)18-7-3-2-4-8-18)17-11-5-6-16-12(9-11)13(15)19/h5-6,9-10H,2-4,7-8H2,1H3,(H2,15,19)(H,16,17). The highest BCUT2D eigenvalue weighted by atomic mass is 16.2. The van der Waals surface area contributed by atoms with E-state index < -0.39 is 5.91 Å². The minimum atomic E-state index is -0.580. The Hall–Kier alpha value is -2.11. The summed E-state index contributed by atoms with van der Waals surface area (Å²) >= 11 is 0. The molecule has 1 atom stereocenters. The summed E-state index contributed by atoms with van der Waals surface area (Å²) in [5, 5.41) is 3.10. The number of carbonyl (C=O) groups is 2. The van der Waals surface area contributed by atoms with Gasteiger partial charge in [-0.3, -0.25) is 14.6 Å². The first-order chi connectivity index (χ1) is 9.58. The molecule has 1 aliphatic heterocycles. The molecule has 1 aromatic rings. The van der Waals surface area contributed by atoms with Crippen LogP contribution in [0.15, 0.2) is 18.3 Å². The van der Waals surface area contributed by atoms with Crippen molar-refractivity contribution >= 4 is 17.5 Å². The van der Waals surface area contributed by atoms with E-state index in [1.165, 1.54) is 12.6 Å². The van der Waals surface area contributed by atoms with Crippen LogP contribution in [-0.4, -0.2) is 40.8 Å². The molecule has 0 bridgehead atoms. The fourth-order valence-corrected chi connectivity index (χ4v) is 2.35. The molecule has 1 aromatic heterocycles. The number of carbonyl (C=O) groups excluding carboxylic acids is 2. The zero-order valence-corrected chi connectivity index (χ0v) is 11.6. The van der Waals surface area contributed by atoms with E-state index in [1.807, 2.05) is 11.8 Å². The Kier molecular flexibility index (Phi) is 4.55. The summed E-state index contributed by atoms with van der Waals surface area (Å²) in [6, 6.07) is 2.94. The number of rotatable bonds is 4. The Morgan fingerprint density at radius 3 is 2.70 bits per heavy atom. The van der Waals surface area contributed by atoms with Gasteiger partial charge in [0.15, 0.2) is 0 Å². The van der Waals surface area contributed by atoms with Gasteiger partial charge >= 0.3 is 0 Å². The number of aromatic nitrogens is 1. The Morgan fingerprint density at radius 1 is 1.35 bits per heavy atom. The van der Waals surface area contributed by atoms with Crippen LogP contribution in [0.1, 0.15) is 36.7 Å². The number of amides is 2. The van der Waals surface area contributed by atoms with Crippen molar-refractivity contribution in [1.82, 2.24) is 9.88 Å². The number of nitrogens with zero attached hydrogens (tertiary/aromatic N) is 2. The van der Waals surface area contributed by atoms with Crippen molar-refractivity contribution in [3.63, 3.8) is 0 Å². The van der Waals surface area contributed by atoms with Gasteiger partial charge in [-0.25, -0.2) is 0 Å². The van der Waals surface area contributed by atoms with Crippen LogP contribution < -0.4 is 11.1 Å². The lowest BCUT2D eigenvalue weighted by Crippen LogP contribution is -2.43. The van der Waals surface area contributed by atoms with E-state index in [-0.39, 0.29) is 17.6 Å². The Balaban J connectivity index is 1.99. The van der Waals surface area contributed by atoms with E-state index >= 15 is 0 Å². The number of piperidine rings is 1. The van der Waals surface area contributed by atoms with Gasteiger partial charge in [-0.2, -0.15) is 0 Å². The predicted molar refractivity (Wildman–Crippen MR) is 76.3 cm³/mol. The van der Waals surface area contributed by atoms with Gasteiger partial charge in [-0.15, -0.1) is 0 Å². The molecular weight excluding hydrogens is 256 g/mol. The van der Waals surface area contributed by atoms with Crippen molar-refractivity contribution < 1.29 is 9.59 Å². The summed E-state index contributed by atoms with van der Waals surface area (Å²) in [7, 11) is 0. The highest BCUT2D eigenvalue weighted by Crippen LogP contribution is 2.13. The van der Waals surface area contributed by atoms with E-state index in [0.717, 1.165) is 25.9 Å². The zero-order valence-electron chi connectivity index (χ0n) is 11.6. The van der Waals surface area contributed by atoms with Crippen molar-refractivity contribution in [2.75, 3.05) is 18.4 Å². The number of primary amides is 1. The number of hydrogen-bond donors (Lipinski definition) is 2. The van der Waals surface area contributed by atoms with Crippen molar-refractivity contribution in [3.05, 3.63) is 24.0 Å². The summed E-state index contributed by atoms with van der Waals surface area (Å²) in [5.74, 6) is -0.495. The zero-order chi connectivity index (χ0) is 14.5. The van der Waals surface area contributed by atoms with Gasteiger partial charge in [0, 0.05) is 25.0 Å². The summed E-state index contributed by atoms with van der Waals surface area (Å²) in [6.45, 7) is 3.47. The summed E-state index contributed by atoms with van der Waals surface area (Å²) < 4.78 is 0. The predicted octanol–water partition coefficient (Wildman–Crippen LogP) is 0.993. The quantitative estimate of drug-likeness (QED) is 0.858. The van der Waals surface area contributed by atoms with Gasteiger partial charge in [0.2, 0.25) is 5.91 Å². The van der Waals surface area contributed by atoms with Gasteiger partial charge < -0.3 is 16.0 Å². The van der Waals surface area contributed by atoms with E-state index in [4.69, 9.17) is 5.73 Å². The number of likely N-dealkylation sites (tertiary alicyclic amines) is 1. The largest absolute Gasteiger partial charge is 0.374 e. The number of hydrogen-bond acceptors (Lipinski definition) is 4. The SMILES string of the molecule is CC(Nc1ccnc(C(N)=O)c1)C(=O)N1CCCCC1. The third-order valence-corrected chi connectivity index (χ3v) is 3.43. The molecule has 0 aliphatic carbocycles. The highest BCUT2D eigenvalue weighted by Gasteiger charge is 2.22. The lowest BCUT2D eigenvalue weighted by Gasteiger charge is -2.29. The fraction of sp³-hybridized carbons (Fsp3) is 0.500. The molecule has 0 saturated carbocycles. The first-order valence-corrected chi connectivity index (χ1v) is 6.89. The summed E-state index contributed by atoms with van der Waals surface area (Å²) in [5.41, 5.74) is 6.05. The van der Waals surface area contributed by atoms with Gasteiger partial charge in [-0.05, 0) is 38.3 Å². The van der Waals surface area contributed by atoms with Gasteiger partial charge in [0.25, 0.3) is 5.91 Å². The average molecular weight is 276 g/mol. The first-order valence-electron chi connectivity index (χ1n) is 6.89.